The van der Waals surface area contributed by atoms with Crippen molar-refractivity contribution in [2.75, 3.05) is 5.33 Å². The van der Waals surface area contributed by atoms with Crippen LogP contribution < -0.4 is 0 Å². The summed E-state index contributed by atoms with van der Waals surface area (Å²) in [7, 11) is 0. The van der Waals surface area contributed by atoms with Gasteiger partial charge in [-0.1, -0.05) is 34.5 Å². The van der Waals surface area contributed by atoms with E-state index in [0.717, 1.165) is 5.33 Å². The second-order valence-corrected chi connectivity index (χ2v) is 3.04. The Morgan fingerprint density at radius 2 is 2.22 bits per heavy atom. The van der Waals surface area contributed by atoms with Gasteiger partial charge in [-0.05, 0) is 26.2 Å². The number of hydrogen-bond donors (Lipinski definition) is 0. The lowest BCUT2D eigenvalue weighted by atomic mass is 10.1. The second-order valence-electron chi connectivity index (χ2n) is 2.25. The smallest absolute Gasteiger partial charge is 0.00343 e. The maximum atomic E-state index is 3.40. The van der Waals surface area contributed by atoms with E-state index < -0.39 is 0 Å². The Bertz CT molecular complexity index is 84.6. The van der Waals surface area contributed by atoms with Crippen LogP contribution in [0.3, 0.4) is 0 Å². The second kappa shape index (κ2) is 6.34. The van der Waals surface area contributed by atoms with E-state index in [4.69, 9.17) is 0 Å². The van der Waals surface area contributed by atoms with Crippen molar-refractivity contribution in [3.63, 3.8) is 0 Å². The van der Waals surface area contributed by atoms with Crippen molar-refractivity contribution in [3.8, 4) is 0 Å². The lowest BCUT2D eigenvalue weighted by Gasteiger charge is -1.95. The molecule has 0 unspecified atom stereocenters. The monoisotopic (exact) mass is 190 g/mol. The maximum absolute atomic E-state index is 3.40. The summed E-state index contributed by atoms with van der Waals surface area (Å²) in [5.74, 6) is 0. The average molecular weight is 191 g/mol. The number of allylic oxidation sites excluding steroid dienone is 2. The Morgan fingerprint density at radius 3 is 2.67 bits per heavy atom. The molecule has 54 valence electrons. The molecule has 0 N–H and O–H groups in total. The highest BCUT2D eigenvalue weighted by molar-refractivity contribution is 9.09. The Hall–Kier alpha value is 0.220. The summed E-state index contributed by atoms with van der Waals surface area (Å²) in [5.41, 5.74) is 1.52. The number of hydrogen-bond acceptors (Lipinski definition) is 0. The van der Waals surface area contributed by atoms with Gasteiger partial charge in [0.2, 0.25) is 0 Å². The number of halogens is 1. The molecule has 1 heteroatoms. The maximum Gasteiger partial charge on any atom is 0.00343 e. The number of rotatable bonds is 4. The van der Waals surface area contributed by atoms with Gasteiger partial charge in [-0.2, -0.15) is 0 Å². The highest BCUT2D eigenvalue weighted by Crippen LogP contribution is 2.05. The minimum atomic E-state index is 1.13. The third-order valence-electron chi connectivity index (χ3n) is 1.26. The van der Waals surface area contributed by atoms with Gasteiger partial charge in [0.25, 0.3) is 0 Å². The zero-order valence-corrected chi connectivity index (χ0v) is 7.87. The molecule has 0 aliphatic heterocycles. The highest BCUT2D eigenvalue weighted by atomic mass is 79.9. The summed E-state index contributed by atoms with van der Waals surface area (Å²) >= 11 is 3.40. The Balaban J connectivity index is 3.25. The van der Waals surface area contributed by atoms with Crippen LogP contribution in [-0.2, 0) is 0 Å². The van der Waals surface area contributed by atoms with Gasteiger partial charge in [-0.3, -0.25) is 0 Å². The normalized spacial score (nSPS) is 12.1. The van der Waals surface area contributed by atoms with E-state index in [1.165, 1.54) is 24.8 Å². The van der Waals surface area contributed by atoms with E-state index >= 15 is 0 Å². The minimum absolute atomic E-state index is 1.13. The van der Waals surface area contributed by atoms with Gasteiger partial charge in [0.15, 0.2) is 0 Å². The van der Waals surface area contributed by atoms with Crippen LogP contribution in [0.15, 0.2) is 11.6 Å². The molecule has 0 spiro atoms. The molecular formula is C8H15Br. The van der Waals surface area contributed by atoms with Crippen molar-refractivity contribution < 1.29 is 0 Å². The fraction of sp³-hybridized carbons (Fsp3) is 0.750. The van der Waals surface area contributed by atoms with Gasteiger partial charge in [-0.25, -0.2) is 0 Å². The van der Waals surface area contributed by atoms with Crippen LogP contribution >= 0.6 is 15.9 Å². The summed E-state index contributed by atoms with van der Waals surface area (Å²) in [5, 5.41) is 1.13. The molecular weight excluding hydrogens is 176 g/mol. The van der Waals surface area contributed by atoms with Gasteiger partial charge in [0.05, 0.1) is 0 Å². The molecule has 0 amide bonds. The first kappa shape index (κ1) is 9.22. The summed E-state index contributed by atoms with van der Waals surface area (Å²) in [6.45, 7) is 4.38. The Kier molecular flexibility index (Phi) is 6.50. The molecule has 0 aromatic heterocycles. The van der Waals surface area contributed by atoms with E-state index in [9.17, 15) is 0 Å². The summed E-state index contributed by atoms with van der Waals surface area (Å²) in [6.07, 6.45) is 5.98. The van der Waals surface area contributed by atoms with E-state index in [2.05, 4.69) is 35.9 Å². The van der Waals surface area contributed by atoms with Crippen LogP contribution in [0.5, 0.6) is 0 Å². The molecule has 0 saturated heterocycles. The van der Waals surface area contributed by atoms with Crippen molar-refractivity contribution in [2.45, 2.75) is 33.1 Å². The molecule has 0 rings (SSSR count). The third kappa shape index (κ3) is 6.10. The molecule has 0 heterocycles. The molecule has 0 aromatic rings. The fourth-order valence-electron chi connectivity index (χ4n) is 0.796. The average Bonchev–Trinajstić information content (AvgIpc) is 1.85. The van der Waals surface area contributed by atoms with Gasteiger partial charge in [0.1, 0.15) is 0 Å². The van der Waals surface area contributed by atoms with Crippen molar-refractivity contribution in [2.24, 2.45) is 0 Å². The molecule has 0 bridgehead atoms. The van der Waals surface area contributed by atoms with Gasteiger partial charge < -0.3 is 0 Å². The number of alkyl halides is 1. The largest absolute Gasteiger partial charge is 0.0928 e. The quantitative estimate of drug-likeness (QED) is 0.471. The molecule has 0 saturated carbocycles. The van der Waals surface area contributed by atoms with E-state index in [-0.39, 0.29) is 0 Å². The van der Waals surface area contributed by atoms with Crippen LogP contribution in [0.2, 0.25) is 0 Å². The lowest BCUT2D eigenvalue weighted by Crippen LogP contribution is -1.78. The molecule has 0 aromatic carbocycles. The first-order chi connectivity index (χ1) is 4.31. The SMILES string of the molecule is CC/C=C(\C)CCCBr. The van der Waals surface area contributed by atoms with Crippen molar-refractivity contribution in [1.82, 2.24) is 0 Å². The third-order valence-corrected chi connectivity index (χ3v) is 1.82. The van der Waals surface area contributed by atoms with Gasteiger partial charge >= 0.3 is 0 Å². The molecule has 0 atom stereocenters. The van der Waals surface area contributed by atoms with Gasteiger partial charge in [0, 0.05) is 5.33 Å². The topological polar surface area (TPSA) is 0 Å². The zero-order valence-electron chi connectivity index (χ0n) is 6.28. The van der Waals surface area contributed by atoms with E-state index in [1.807, 2.05) is 0 Å². The first-order valence-electron chi connectivity index (χ1n) is 3.52. The first-order valence-corrected chi connectivity index (χ1v) is 4.65. The summed E-state index contributed by atoms with van der Waals surface area (Å²) in [6, 6.07) is 0. The van der Waals surface area contributed by atoms with Crippen LogP contribution in [0.1, 0.15) is 33.1 Å². The Morgan fingerprint density at radius 1 is 1.56 bits per heavy atom. The fourth-order valence-corrected chi connectivity index (χ4v) is 1.08. The summed E-state index contributed by atoms with van der Waals surface area (Å²) < 4.78 is 0. The minimum Gasteiger partial charge on any atom is -0.0928 e. The van der Waals surface area contributed by atoms with E-state index in [0.29, 0.717) is 0 Å². The molecule has 0 nitrogen and oxygen atoms in total. The predicted octanol–water partition coefficient (Wildman–Crippen LogP) is 3.52. The predicted molar refractivity (Wildman–Crippen MR) is 47.1 cm³/mol. The molecule has 9 heavy (non-hydrogen) atoms. The van der Waals surface area contributed by atoms with Crippen LogP contribution in [0.4, 0.5) is 0 Å². The van der Waals surface area contributed by atoms with Crippen LogP contribution in [0, 0.1) is 0 Å². The van der Waals surface area contributed by atoms with Crippen molar-refractivity contribution >= 4 is 15.9 Å². The van der Waals surface area contributed by atoms with E-state index in [1.54, 1.807) is 0 Å². The summed E-state index contributed by atoms with van der Waals surface area (Å²) in [4.78, 5) is 0. The Labute approximate surface area is 66.5 Å². The van der Waals surface area contributed by atoms with Crippen LogP contribution in [-0.4, -0.2) is 5.33 Å². The zero-order chi connectivity index (χ0) is 7.11. The highest BCUT2D eigenvalue weighted by Gasteiger charge is 1.86. The van der Waals surface area contributed by atoms with Crippen molar-refractivity contribution in [3.05, 3.63) is 11.6 Å². The molecule has 0 aliphatic carbocycles. The van der Waals surface area contributed by atoms with Gasteiger partial charge in [-0.15, -0.1) is 0 Å². The molecule has 0 aliphatic rings. The standard InChI is InChI=1S/C8H15Br/c1-3-5-8(2)6-4-7-9/h5H,3-4,6-7H2,1-2H3/b8-5+. The van der Waals surface area contributed by atoms with Crippen molar-refractivity contribution in [1.29, 1.82) is 0 Å². The van der Waals surface area contributed by atoms with Crippen LogP contribution in [0.25, 0.3) is 0 Å². The molecule has 0 radical (unpaired) electrons. The lowest BCUT2D eigenvalue weighted by molar-refractivity contribution is 0.911. The molecule has 0 fully saturated rings.